The number of ether oxygens (including phenoxy) is 1. The molecule has 1 saturated heterocycles. The van der Waals surface area contributed by atoms with E-state index in [2.05, 4.69) is 0 Å². The Bertz CT molecular complexity index is 1130. The van der Waals surface area contributed by atoms with Crippen molar-refractivity contribution in [3.8, 4) is 11.3 Å². The number of esters is 1. The van der Waals surface area contributed by atoms with E-state index in [1.54, 1.807) is 13.8 Å². The van der Waals surface area contributed by atoms with E-state index in [0.717, 1.165) is 11.0 Å². The van der Waals surface area contributed by atoms with Crippen LogP contribution >= 0.6 is 11.8 Å². The number of carbonyl (C=O) groups excluding carboxylic acids is 3. The van der Waals surface area contributed by atoms with Crippen molar-refractivity contribution < 1.29 is 43.3 Å². The number of carboxylic acid groups (broad SMARTS) is 2. The number of nitrogens with zero attached hydrogens (tertiary/aromatic N) is 1. The summed E-state index contributed by atoms with van der Waals surface area (Å²) in [6.45, 7) is 2.78. The van der Waals surface area contributed by atoms with Crippen LogP contribution in [0.25, 0.3) is 17.4 Å². The Morgan fingerprint density at radius 3 is 2.28 bits per heavy atom. The third-order valence-corrected chi connectivity index (χ3v) is 5.05. The van der Waals surface area contributed by atoms with Crippen LogP contribution in [0.5, 0.6) is 0 Å². The molecule has 0 spiro atoms. The molecule has 0 bridgehead atoms. The first-order valence-corrected chi connectivity index (χ1v) is 10.0. The molecule has 0 unspecified atom stereocenters. The first-order valence-electron chi connectivity index (χ1n) is 9.22. The summed E-state index contributed by atoms with van der Waals surface area (Å²) in [6.07, 6.45) is 0.919. The molecule has 166 valence electrons. The molecule has 3 rings (SSSR count). The first kappa shape index (κ1) is 22.8. The van der Waals surface area contributed by atoms with Gasteiger partial charge in [-0.05, 0) is 55.9 Å². The molecule has 0 saturated carbocycles. The molecule has 0 atom stereocenters. The van der Waals surface area contributed by atoms with Crippen molar-refractivity contribution in [1.82, 2.24) is 4.90 Å². The molecule has 32 heavy (non-hydrogen) atoms. The van der Waals surface area contributed by atoms with Crippen LogP contribution in [0.4, 0.5) is 4.79 Å². The van der Waals surface area contributed by atoms with Crippen LogP contribution in [0.1, 0.15) is 40.3 Å². The predicted molar refractivity (Wildman–Crippen MR) is 112 cm³/mol. The minimum absolute atomic E-state index is 0.0266. The summed E-state index contributed by atoms with van der Waals surface area (Å²) in [5.41, 5.74) is -0.244. The van der Waals surface area contributed by atoms with E-state index in [1.165, 1.54) is 30.3 Å². The molecule has 1 aromatic carbocycles. The maximum atomic E-state index is 12.5. The van der Waals surface area contributed by atoms with Crippen molar-refractivity contribution in [1.29, 1.82) is 0 Å². The maximum Gasteiger partial charge on any atom is 0.335 e. The second-order valence-corrected chi connectivity index (χ2v) is 7.91. The predicted octanol–water partition coefficient (Wildman–Crippen LogP) is 3.33. The third kappa shape index (κ3) is 5.06. The zero-order valence-corrected chi connectivity index (χ0v) is 17.7. The molecule has 10 nitrogen and oxygen atoms in total. The highest BCUT2D eigenvalue weighted by atomic mass is 32.2. The molecule has 0 aliphatic carbocycles. The van der Waals surface area contributed by atoms with E-state index in [0.29, 0.717) is 11.8 Å². The van der Waals surface area contributed by atoms with E-state index < -0.39 is 35.6 Å². The van der Waals surface area contributed by atoms with Crippen molar-refractivity contribution >= 4 is 46.9 Å². The molecular weight excluding hydrogens is 442 g/mol. The Hall–Kier alpha value is -3.86. The second-order valence-electron chi connectivity index (χ2n) is 6.92. The highest BCUT2D eigenvalue weighted by molar-refractivity contribution is 8.18. The minimum Gasteiger partial charge on any atom is -0.478 e. The number of carboxylic acids is 2. The number of carbonyl (C=O) groups is 5. The van der Waals surface area contributed by atoms with Crippen LogP contribution in [0.3, 0.4) is 0 Å². The van der Waals surface area contributed by atoms with Gasteiger partial charge in [0.2, 0.25) is 0 Å². The van der Waals surface area contributed by atoms with Gasteiger partial charge in [0.05, 0.1) is 22.1 Å². The van der Waals surface area contributed by atoms with Gasteiger partial charge in [-0.3, -0.25) is 19.3 Å². The first-order chi connectivity index (χ1) is 15.0. The quantitative estimate of drug-likeness (QED) is 0.466. The lowest BCUT2D eigenvalue weighted by Crippen LogP contribution is -2.35. The number of benzene rings is 1. The number of hydrogen-bond acceptors (Lipinski definition) is 8. The van der Waals surface area contributed by atoms with Gasteiger partial charge in [0, 0.05) is 11.6 Å². The molecule has 1 fully saturated rings. The van der Waals surface area contributed by atoms with Crippen LogP contribution in [0, 0.1) is 0 Å². The maximum absolute atomic E-state index is 12.5. The lowest BCUT2D eigenvalue weighted by Gasteiger charge is -2.13. The molecule has 11 heteroatoms. The van der Waals surface area contributed by atoms with Crippen molar-refractivity contribution in [2.45, 2.75) is 20.0 Å². The second kappa shape index (κ2) is 9.10. The van der Waals surface area contributed by atoms with Gasteiger partial charge in [-0.1, -0.05) is 0 Å². The van der Waals surface area contributed by atoms with Gasteiger partial charge >= 0.3 is 17.9 Å². The van der Waals surface area contributed by atoms with Crippen LogP contribution in [0.2, 0.25) is 0 Å². The number of imide groups is 1. The normalized spacial score (nSPS) is 15.0. The van der Waals surface area contributed by atoms with Crippen LogP contribution in [-0.2, 0) is 14.3 Å². The SMILES string of the molecule is CC(C)OC(=O)CN1C(=O)S/C(=C\c2ccc(-c3cc(C(=O)O)cc(C(=O)O)c3)o2)C1=O. The largest absolute Gasteiger partial charge is 0.478 e. The van der Waals surface area contributed by atoms with E-state index in [1.807, 2.05) is 0 Å². The van der Waals surface area contributed by atoms with Gasteiger partial charge in [-0.2, -0.15) is 0 Å². The number of hydrogen-bond donors (Lipinski definition) is 2. The fraction of sp³-hybridized carbons (Fsp3) is 0.190. The van der Waals surface area contributed by atoms with Crippen molar-refractivity contribution in [2.75, 3.05) is 6.54 Å². The average Bonchev–Trinajstić information content (AvgIpc) is 3.27. The van der Waals surface area contributed by atoms with Gasteiger partial charge in [0.15, 0.2) is 0 Å². The van der Waals surface area contributed by atoms with E-state index >= 15 is 0 Å². The molecule has 1 aliphatic rings. The van der Waals surface area contributed by atoms with E-state index in [4.69, 9.17) is 9.15 Å². The Kier molecular flexibility index (Phi) is 6.49. The van der Waals surface area contributed by atoms with Crippen molar-refractivity contribution in [2.24, 2.45) is 0 Å². The number of thioether (sulfide) groups is 1. The van der Waals surface area contributed by atoms with Gasteiger partial charge in [-0.25, -0.2) is 9.59 Å². The Balaban J connectivity index is 1.84. The molecular formula is C21H17NO9S. The average molecular weight is 459 g/mol. The fourth-order valence-electron chi connectivity index (χ4n) is 2.80. The summed E-state index contributed by atoms with van der Waals surface area (Å²) in [7, 11) is 0. The molecule has 1 aliphatic heterocycles. The Morgan fingerprint density at radius 1 is 1.09 bits per heavy atom. The number of furan rings is 1. The van der Waals surface area contributed by atoms with Crippen LogP contribution in [-0.4, -0.2) is 56.8 Å². The van der Waals surface area contributed by atoms with Crippen LogP contribution < -0.4 is 0 Å². The monoisotopic (exact) mass is 459 g/mol. The molecule has 1 aromatic heterocycles. The van der Waals surface area contributed by atoms with Gasteiger partial charge in [0.1, 0.15) is 18.1 Å². The molecule has 0 radical (unpaired) electrons. The highest BCUT2D eigenvalue weighted by Crippen LogP contribution is 2.33. The zero-order valence-electron chi connectivity index (χ0n) is 16.9. The van der Waals surface area contributed by atoms with Gasteiger partial charge in [0.25, 0.3) is 11.1 Å². The summed E-state index contributed by atoms with van der Waals surface area (Å²) in [5.74, 6) is -3.65. The summed E-state index contributed by atoms with van der Waals surface area (Å²) in [5, 5.41) is 17.8. The standard InChI is InChI=1S/C21H17NO9S/c1-10(2)30-17(23)9-22-18(24)16(32-21(22)29)8-14-3-4-15(31-14)11-5-12(19(25)26)7-13(6-11)20(27)28/h3-8,10H,9H2,1-2H3,(H,25,26)(H,27,28)/b16-8-. The molecule has 2 N–H and O–H groups in total. The Labute approximate surface area is 185 Å². The zero-order chi connectivity index (χ0) is 23.6. The van der Waals surface area contributed by atoms with Gasteiger partial charge < -0.3 is 19.4 Å². The number of aromatic carboxylic acids is 2. The summed E-state index contributed by atoms with van der Waals surface area (Å²) in [4.78, 5) is 59.7. The van der Waals surface area contributed by atoms with Crippen molar-refractivity contribution in [3.05, 3.63) is 52.1 Å². The Morgan fingerprint density at radius 2 is 1.72 bits per heavy atom. The molecule has 2 aromatic rings. The lowest BCUT2D eigenvalue weighted by atomic mass is 10.0. The number of amides is 2. The summed E-state index contributed by atoms with van der Waals surface area (Å²) in [6, 6.07) is 6.49. The van der Waals surface area contributed by atoms with Gasteiger partial charge in [-0.15, -0.1) is 0 Å². The highest BCUT2D eigenvalue weighted by Gasteiger charge is 2.37. The van der Waals surface area contributed by atoms with Crippen molar-refractivity contribution in [3.63, 3.8) is 0 Å². The number of rotatable bonds is 7. The van der Waals surface area contributed by atoms with Crippen LogP contribution in [0.15, 0.2) is 39.7 Å². The third-order valence-electron chi connectivity index (χ3n) is 4.14. The minimum atomic E-state index is -1.30. The van der Waals surface area contributed by atoms with E-state index in [9.17, 15) is 34.2 Å². The lowest BCUT2D eigenvalue weighted by molar-refractivity contribution is -0.149. The summed E-state index contributed by atoms with van der Waals surface area (Å²) >= 11 is 0.631. The summed E-state index contributed by atoms with van der Waals surface area (Å²) < 4.78 is 10.6. The molecule has 2 amide bonds. The fourth-order valence-corrected chi connectivity index (χ4v) is 3.62. The smallest absolute Gasteiger partial charge is 0.335 e. The molecule has 2 heterocycles. The topological polar surface area (TPSA) is 151 Å². The van der Waals surface area contributed by atoms with E-state index in [-0.39, 0.29) is 39.2 Å².